The third-order valence-corrected chi connectivity index (χ3v) is 6.03. The first-order valence-electron chi connectivity index (χ1n) is 9.67. The molecule has 0 radical (unpaired) electrons. The molecule has 8 heteroatoms. The van der Waals surface area contributed by atoms with Crippen LogP contribution in [0.1, 0.15) is 28.4 Å². The normalized spacial score (nSPS) is 17.8. The molecule has 0 bridgehead atoms. The molecule has 0 saturated carbocycles. The van der Waals surface area contributed by atoms with Gasteiger partial charge in [0.15, 0.2) is 0 Å². The van der Waals surface area contributed by atoms with Crippen molar-refractivity contribution in [2.45, 2.75) is 19.5 Å². The van der Waals surface area contributed by atoms with Crippen molar-refractivity contribution in [3.8, 4) is 0 Å². The lowest BCUT2D eigenvalue weighted by molar-refractivity contribution is -0.140. The molecule has 1 unspecified atom stereocenters. The lowest BCUT2D eigenvalue weighted by Crippen LogP contribution is -2.29. The van der Waals surface area contributed by atoms with Crippen LogP contribution in [-0.2, 0) is 16.1 Å². The number of pyridine rings is 1. The highest BCUT2D eigenvalue weighted by Gasteiger charge is 2.46. The van der Waals surface area contributed by atoms with E-state index in [-0.39, 0.29) is 22.7 Å². The molecule has 32 heavy (non-hydrogen) atoms. The summed E-state index contributed by atoms with van der Waals surface area (Å²) in [5.74, 6) is -2.48. The number of carbonyl (C=O) groups is 2. The van der Waals surface area contributed by atoms with E-state index in [2.05, 4.69) is 4.98 Å². The van der Waals surface area contributed by atoms with Gasteiger partial charge < -0.3 is 10.0 Å². The molecule has 2 heterocycles. The Morgan fingerprint density at radius 1 is 1.09 bits per heavy atom. The van der Waals surface area contributed by atoms with Gasteiger partial charge in [-0.25, -0.2) is 4.39 Å². The number of Topliss-reactive ketones (excluding diaryl/α,β-unsaturated/α-hetero) is 1. The Labute approximate surface area is 193 Å². The van der Waals surface area contributed by atoms with Gasteiger partial charge >= 0.3 is 0 Å². The van der Waals surface area contributed by atoms with Gasteiger partial charge in [0.1, 0.15) is 11.6 Å². The van der Waals surface area contributed by atoms with E-state index in [4.69, 9.17) is 23.2 Å². The highest BCUT2D eigenvalue weighted by atomic mass is 35.5. The molecule has 1 amide bonds. The highest BCUT2D eigenvalue weighted by Crippen LogP contribution is 2.41. The highest BCUT2D eigenvalue weighted by molar-refractivity contribution is 6.46. The predicted molar refractivity (Wildman–Crippen MR) is 120 cm³/mol. The van der Waals surface area contributed by atoms with Crippen molar-refractivity contribution in [2.24, 2.45) is 0 Å². The summed E-state index contributed by atoms with van der Waals surface area (Å²) in [5, 5.41) is 11.6. The molecule has 1 atom stereocenters. The number of aromatic nitrogens is 1. The number of aryl methyl sites for hydroxylation is 1. The van der Waals surface area contributed by atoms with Gasteiger partial charge in [0.05, 0.1) is 33.9 Å². The number of ketones is 1. The summed E-state index contributed by atoms with van der Waals surface area (Å²) < 4.78 is 13.7. The van der Waals surface area contributed by atoms with Crippen molar-refractivity contribution in [1.82, 2.24) is 9.88 Å². The first-order valence-corrected chi connectivity index (χ1v) is 10.4. The predicted octanol–water partition coefficient (Wildman–Crippen LogP) is 5.46. The second-order valence-corrected chi connectivity index (χ2v) is 8.20. The van der Waals surface area contributed by atoms with E-state index in [0.29, 0.717) is 21.8 Å². The second-order valence-electron chi connectivity index (χ2n) is 7.39. The van der Waals surface area contributed by atoms with Crippen molar-refractivity contribution >= 4 is 40.7 Å². The molecule has 162 valence electrons. The van der Waals surface area contributed by atoms with E-state index in [1.54, 1.807) is 49.5 Å². The van der Waals surface area contributed by atoms with Gasteiger partial charge in [0.2, 0.25) is 0 Å². The first kappa shape index (κ1) is 22.0. The zero-order valence-electron chi connectivity index (χ0n) is 16.8. The summed E-state index contributed by atoms with van der Waals surface area (Å²) in [4.78, 5) is 31.6. The van der Waals surface area contributed by atoms with Crippen LogP contribution >= 0.6 is 23.2 Å². The minimum atomic E-state index is -0.933. The van der Waals surface area contributed by atoms with Crippen molar-refractivity contribution < 1.29 is 19.1 Å². The number of hydrogen-bond acceptors (Lipinski definition) is 4. The van der Waals surface area contributed by atoms with E-state index in [1.807, 2.05) is 0 Å². The standard InChI is InChI=1S/C24H17Cl2FN2O3/c1-13-10-15(6-8-19(13)27)22(30)20-21(14-5-7-17(25)18(26)11-14)29(24(32)23(20)31)12-16-4-2-3-9-28-16/h2-11,21,30H,12H2,1H3/b22-20-. The lowest BCUT2D eigenvalue weighted by atomic mass is 9.94. The Kier molecular flexibility index (Phi) is 6.00. The third-order valence-electron chi connectivity index (χ3n) is 5.29. The van der Waals surface area contributed by atoms with Gasteiger partial charge in [-0.1, -0.05) is 35.3 Å². The summed E-state index contributed by atoms with van der Waals surface area (Å²) in [5.41, 5.74) is 1.47. The van der Waals surface area contributed by atoms with Crippen LogP contribution in [0, 0.1) is 12.7 Å². The lowest BCUT2D eigenvalue weighted by Gasteiger charge is -2.25. The van der Waals surface area contributed by atoms with Crippen LogP contribution in [0.2, 0.25) is 10.0 Å². The fraction of sp³-hybridized carbons (Fsp3) is 0.125. The van der Waals surface area contributed by atoms with Crippen LogP contribution in [0.4, 0.5) is 4.39 Å². The first-order chi connectivity index (χ1) is 15.3. The molecule has 1 N–H and O–H groups in total. The largest absolute Gasteiger partial charge is 0.507 e. The number of hydrogen-bond donors (Lipinski definition) is 1. The van der Waals surface area contributed by atoms with E-state index in [1.165, 1.54) is 23.1 Å². The molecule has 1 aromatic heterocycles. The van der Waals surface area contributed by atoms with Crippen LogP contribution in [0.25, 0.3) is 5.76 Å². The zero-order chi connectivity index (χ0) is 23.0. The van der Waals surface area contributed by atoms with Gasteiger partial charge in [0.25, 0.3) is 11.7 Å². The minimum absolute atomic E-state index is 0.0373. The van der Waals surface area contributed by atoms with E-state index in [9.17, 15) is 19.1 Å². The number of amides is 1. The molecular formula is C24H17Cl2FN2O3. The summed E-state index contributed by atoms with van der Waals surface area (Å²) in [6.07, 6.45) is 1.58. The third kappa shape index (κ3) is 3.99. The molecule has 1 aliphatic rings. The number of aliphatic hydroxyl groups is 1. The Hall–Kier alpha value is -3.22. The monoisotopic (exact) mass is 470 g/mol. The Balaban J connectivity index is 1.90. The van der Waals surface area contributed by atoms with E-state index >= 15 is 0 Å². The van der Waals surface area contributed by atoms with Gasteiger partial charge in [-0.3, -0.25) is 14.6 Å². The molecule has 1 aliphatic heterocycles. The zero-order valence-corrected chi connectivity index (χ0v) is 18.4. The van der Waals surface area contributed by atoms with Crippen LogP contribution in [-0.4, -0.2) is 26.7 Å². The minimum Gasteiger partial charge on any atom is -0.507 e. The molecule has 2 aromatic carbocycles. The molecule has 1 fully saturated rings. The van der Waals surface area contributed by atoms with Gasteiger partial charge in [0, 0.05) is 11.8 Å². The number of carbonyl (C=O) groups excluding carboxylic acids is 2. The van der Waals surface area contributed by atoms with Crippen LogP contribution in [0.5, 0.6) is 0 Å². The molecule has 1 saturated heterocycles. The van der Waals surface area contributed by atoms with Crippen molar-refractivity contribution in [3.05, 3.63) is 105 Å². The smallest absolute Gasteiger partial charge is 0.296 e. The number of nitrogens with zero attached hydrogens (tertiary/aromatic N) is 2. The fourth-order valence-corrected chi connectivity index (χ4v) is 3.99. The van der Waals surface area contributed by atoms with Crippen molar-refractivity contribution in [3.63, 3.8) is 0 Å². The summed E-state index contributed by atoms with van der Waals surface area (Å²) >= 11 is 12.3. The summed E-state index contributed by atoms with van der Waals surface area (Å²) in [6.45, 7) is 1.58. The maximum Gasteiger partial charge on any atom is 0.296 e. The molecule has 0 aliphatic carbocycles. The Morgan fingerprint density at radius 3 is 2.53 bits per heavy atom. The quantitative estimate of drug-likeness (QED) is 0.312. The summed E-state index contributed by atoms with van der Waals surface area (Å²) in [7, 11) is 0. The average molecular weight is 471 g/mol. The Morgan fingerprint density at radius 2 is 1.88 bits per heavy atom. The molecule has 3 aromatic rings. The van der Waals surface area contributed by atoms with Gasteiger partial charge in [-0.15, -0.1) is 0 Å². The number of rotatable bonds is 4. The van der Waals surface area contributed by atoms with Crippen LogP contribution < -0.4 is 0 Å². The second kappa shape index (κ2) is 8.73. The topological polar surface area (TPSA) is 70.5 Å². The van der Waals surface area contributed by atoms with Crippen molar-refractivity contribution in [1.29, 1.82) is 0 Å². The van der Waals surface area contributed by atoms with E-state index in [0.717, 1.165) is 0 Å². The van der Waals surface area contributed by atoms with Gasteiger partial charge in [-0.05, 0) is 60.5 Å². The SMILES string of the molecule is Cc1cc(/C(O)=C2/C(=O)C(=O)N(Cc3ccccn3)C2c2ccc(Cl)c(Cl)c2)ccc1F. The fourth-order valence-electron chi connectivity index (χ4n) is 3.69. The number of aliphatic hydroxyl groups excluding tert-OH is 1. The molecule has 5 nitrogen and oxygen atoms in total. The molecular weight excluding hydrogens is 454 g/mol. The van der Waals surface area contributed by atoms with Gasteiger partial charge in [-0.2, -0.15) is 0 Å². The van der Waals surface area contributed by atoms with E-state index < -0.39 is 29.3 Å². The summed E-state index contributed by atoms with van der Waals surface area (Å²) in [6, 6.07) is 13.0. The molecule has 0 spiro atoms. The maximum atomic E-state index is 13.7. The number of benzene rings is 2. The number of likely N-dealkylation sites (tertiary alicyclic amines) is 1. The number of halogens is 3. The van der Waals surface area contributed by atoms with Crippen molar-refractivity contribution in [2.75, 3.05) is 0 Å². The van der Waals surface area contributed by atoms with Crippen LogP contribution in [0.3, 0.4) is 0 Å². The average Bonchev–Trinajstić information content (AvgIpc) is 3.02. The molecule has 4 rings (SSSR count). The van der Waals surface area contributed by atoms with Crippen LogP contribution in [0.15, 0.2) is 66.4 Å². The Bertz CT molecular complexity index is 1260. The maximum absolute atomic E-state index is 13.7.